The number of piperidine rings is 1. The van der Waals surface area contributed by atoms with Crippen molar-refractivity contribution in [3.63, 3.8) is 0 Å². The molecule has 1 atom stereocenters. The lowest BCUT2D eigenvalue weighted by atomic mass is 9.81. The summed E-state index contributed by atoms with van der Waals surface area (Å²) in [6, 6.07) is 4.55. The van der Waals surface area contributed by atoms with E-state index >= 15 is 0 Å². The third-order valence-corrected chi connectivity index (χ3v) is 5.54. The van der Waals surface area contributed by atoms with E-state index in [9.17, 15) is 19.2 Å². The molecule has 2 fully saturated rings. The normalized spacial score (nSPS) is 27.4. The van der Waals surface area contributed by atoms with Crippen LogP contribution in [0.1, 0.15) is 52.0 Å². The molecule has 4 N–H and O–H groups in total. The van der Waals surface area contributed by atoms with Gasteiger partial charge in [0.15, 0.2) is 0 Å². The van der Waals surface area contributed by atoms with E-state index in [4.69, 9.17) is 5.73 Å². The second-order valence-corrected chi connectivity index (χ2v) is 7.56. The molecule has 0 bridgehead atoms. The number of hydrogen-bond donors (Lipinski definition) is 3. The number of carbonyl (C=O) groups excluding carboxylic acids is 4. The maximum Gasteiger partial charge on any atom is 0.262 e. The predicted molar refractivity (Wildman–Crippen MR) is 95.5 cm³/mol. The molecule has 8 nitrogen and oxygen atoms in total. The molecule has 4 rings (SSSR count). The molecule has 2 aliphatic heterocycles. The molecule has 2 heterocycles. The van der Waals surface area contributed by atoms with Crippen LogP contribution >= 0.6 is 0 Å². The van der Waals surface area contributed by atoms with Gasteiger partial charge >= 0.3 is 0 Å². The highest BCUT2D eigenvalue weighted by molar-refractivity contribution is 6.23. The standard InChI is InChI=1S/C19H22N4O4/c20-12-5-11(6-12)9-21-8-10-1-2-13-14(7-10)19(27)23(18(13)26)15-3-4-16(24)22-17(15)25/h1-2,7,11-12,15,21H,3-6,8-9,20H2,(H,22,24,25). The number of carbonyl (C=O) groups is 4. The van der Waals surface area contributed by atoms with Crippen molar-refractivity contribution in [3.8, 4) is 0 Å². The molecule has 8 heteroatoms. The fourth-order valence-corrected chi connectivity index (χ4v) is 4.00. The van der Waals surface area contributed by atoms with E-state index in [-0.39, 0.29) is 18.7 Å². The minimum Gasteiger partial charge on any atom is -0.328 e. The van der Waals surface area contributed by atoms with Gasteiger partial charge in [-0.25, -0.2) is 0 Å². The van der Waals surface area contributed by atoms with Crippen molar-refractivity contribution in [2.24, 2.45) is 11.7 Å². The number of hydrogen-bond acceptors (Lipinski definition) is 6. The molecule has 27 heavy (non-hydrogen) atoms. The highest BCUT2D eigenvalue weighted by atomic mass is 16.2. The van der Waals surface area contributed by atoms with Crippen LogP contribution < -0.4 is 16.4 Å². The van der Waals surface area contributed by atoms with E-state index in [1.807, 2.05) is 6.07 Å². The zero-order valence-corrected chi connectivity index (χ0v) is 14.9. The molecule has 1 saturated heterocycles. The molecule has 0 radical (unpaired) electrons. The van der Waals surface area contributed by atoms with Crippen molar-refractivity contribution >= 4 is 23.6 Å². The third kappa shape index (κ3) is 3.26. The van der Waals surface area contributed by atoms with Gasteiger partial charge in [-0.2, -0.15) is 0 Å². The van der Waals surface area contributed by atoms with Crippen molar-refractivity contribution in [1.82, 2.24) is 15.5 Å². The van der Waals surface area contributed by atoms with Gasteiger partial charge in [0.1, 0.15) is 6.04 Å². The Hall–Kier alpha value is -2.58. The highest BCUT2D eigenvalue weighted by Crippen LogP contribution is 2.28. The van der Waals surface area contributed by atoms with Crippen LogP contribution in [0.15, 0.2) is 18.2 Å². The first-order chi connectivity index (χ1) is 12.9. The van der Waals surface area contributed by atoms with E-state index in [0.29, 0.717) is 29.6 Å². The average Bonchev–Trinajstić information content (AvgIpc) is 2.85. The Morgan fingerprint density at radius 1 is 1.11 bits per heavy atom. The smallest absolute Gasteiger partial charge is 0.262 e. The van der Waals surface area contributed by atoms with Gasteiger partial charge in [-0.05, 0) is 49.4 Å². The SMILES string of the molecule is NC1CC(CNCc2ccc3c(c2)C(=O)N(C2CCC(=O)NC2=O)C3=O)C1. The summed E-state index contributed by atoms with van der Waals surface area (Å²) in [5, 5.41) is 5.56. The third-order valence-electron chi connectivity index (χ3n) is 5.54. The van der Waals surface area contributed by atoms with Crippen molar-refractivity contribution in [2.75, 3.05) is 6.54 Å². The fraction of sp³-hybridized carbons (Fsp3) is 0.474. The van der Waals surface area contributed by atoms with Gasteiger partial charge in [-0.1, -0.05) is 6.07 Å². The summed E-state index contributed by atoms with van der Waals surface area (Å²) in [5.41, 5.74) is 7.31. The summed E-state index contributed by atoms with van der Waals surface area (Å²) in [5.74, 6) is -1.33. The number of nitrogens with two attached hydrogens (primary N) is 1. The molecule has 1 aliphatic carbocycles. The summed E-state index contributed by atoms with van der Waals surface area (Å²) in [7, 11) is 0. The number of nitrogens with one attached hydrogen (secondary N) is 2. The van der Waals surface area contributed by atoms with Gasteiger partial charge in [-0.15, -0.1) is 0 Å². The first-order valence-electron chi connectivity index (χ1n) is 9.25. The fourth-order valence-electron chi connectivity index (χ4n) is 4.00. The number of fused-ring (bicyclic) bond motifs is 1. The Labute approximate surface area is 156 Å². The topological polar surface area (TPSA) is 122 Å². The molecule has 1 saturated carbocycles. The number of amides is 4. The second kappa shape index (κ2) is 6.86. The predicted octanol–water partition coefficient (Wildman–Crippen LogP) is -0.0853. The molecule has 0 aromatic heterocycles. The Balaban J connectivity index is 1.45. The van der Waals surface area contributed by atoms with Crippen molar-refractivity contribution in [2.45, 2.75) is 44.3 Å². The molecular formula is C19H22N4O4. The Morgan fingerprint density at radius 3 is 2.56 bits per heavy atom. The van der Waals surface area contributed by atoms with Crippen LogP contribution in [0, 0.1) is 5.92 Å². The first kappa shape index (κ1) is 17.8. The summed E-state index contributed by atoms with van der Waals surface area (Å²) >= 11 is 0. The Morgan fingerprint density at radius 2 is 1.85 bits per heavy atom. The summed E-state index contributed by atoms with van der Waals surface area (Å²) in [6.45, 7) is 1.47. The van der Waals surface area contributed by atoms with E-state index in [1.54, 1.807) is 12.1 Å². The largest absolute Gasteiger partial charge is 0.328 e. The number of rotatable bonds is 5. The molecule has 1 aromatic rings. The highest BCUT2D eigenvalue weighted by Gasteiger charge is 2.44. The first-order valence-corrected chi connectivity index (χ1v) is 9.25. The van der Waals surface area contributed by atoms with Crippen molar-refractivity contribution < 1.29 is 19.2 Å². The van der Waals surface area contributed by atoms with Gasteiger partial charge in [0.2, 0.25) is 11.8 Å². The zero-order valence-electron chi connectivity index (χ0n) is 14.9. The monoisotopic (exact) mass is 370 g/mol. The maximum atomic E-state index is 12.8. The van der Waals surface area contributed by atoms with Crippen molar-refractivity contribution in [3.05, 3.63) is 34.9 Å². The lowest BCUT2D eigenvalue weighted by Gasteiger charge is -2.32. The van der Waals surface area contributed by atoms with Crippen LogP contribution in [-0.2, 0) is 16.1 Å². The van der Waals surface area contributed by atoms with Gasteiger partial charge in [0.05, 0.1) is 11.1 Å². The maximum absolute atomic E-state index is 12.8. The Kier molecular flexibility index (Phi) is 4.53. The summed E-state index contributed by atoms with van der Waals surface area (Å²) < 4.78 is 0. The zero-order chi connectivity index (χ0) is 19.1. The molecule has 3 aliphatic rings. The average molecular weight is 370 g/mol. The number of imide groups is 2. The van der Waals surface area contributed by atoms with E-state index < -0.39 is 23.8 Å². The van der Waals surface area contributed by atoms with Gasteiger partial charge in [-0.3, -0.25) is 29.4 Å². The Bertz CT molecular complexity index is 831. The second-order valence-electron chi connectivity index (χ2n) is 7.56. The lowest BCUT2D eigenvalue weighted by molar-refractivity contribution is -0.136. The van der Waals surface area contributed by atoms with E-state index in [2.05, 4.69) is 10.6 Å². The molecular weight excluding hydrogens is 348 g/mol. The quantitative estimate of drug-likeness (QED) is 0.623. The van der Waals surface area contributed by atoms with Gasteiger partial charge in [0.25, 0.3) is 11.8 Å². The van der Waals surface area contributed by atoms with Crippen LogP contribution in [-0.4, -0.2) is 47.2 Å². The molecule has 142 valence electrons. The van der Waals surface area contributed by atoms with E-state index in [1.165, 1.54) is 0 Å². The van der Waals surface area contributed by atoms with Crippen LogP contribution in [0.5, 0.6) is 0 Å². The van der Waals surface area contributed by atoms with Gasteiger partial charge < -0.3 is 11.1 Å². The molecule has 1 unspecified atom stereocenters. The van der Waals surface area contributed by atoms with Crippen LogP contribution in [0.25, 0.3) is 0 Å². The molecule has 4 amide bonds. The summed E-state index contributed by atoms with van der Waals surface area (Å²) in [6.07, 6.45) is 2.34. The van der Waals surface area contributed by atoms with Crippen LogP contribution in [0.4, 0.5) is 0 Å². The minimum absolute atomic E-state index is 0.115. The number of nitrogens with zero attached hydrogens (tertiary/aromatic N) is 1. The summed E-state index contributed by atoms with van der Waals surface area (Å²) in [4.78, 5) is 49.8. The van der Waals surface area contributed by atoms with Crippen LogP contribution in [0.3, 0.4) is 0 Å². The van der Waals surface area contributed by atoms with E-state index in [0.717, 1.165) is 29.8 Å². The molecule has 1 aromatic carbocycles. The molecule has 0 spiro atoms. The van der Waals surface area contributed by atoms with Crippen LogP contribution in [0.2, 0.25) is 0 Å². The number of benzene rings is 1. The minimum atomic E-state index is -0.931. The van der Waals surface area contributed by atoms with Gasteiger partial charge in [0, 0.05) is 19.0 Å². The van der Waals surface area contributed by atoms with Crippen molar-refractivity contribution in [1.29, 1.82) is 0 Å². The lowest BCUT2D eigenvalue weighted by Crippen LogP contribution is -2.54.